The minimum absolute atomic E-state index is 0.0911. The molecule has 1 aromatic carbocycles. The van der Waals surface area contributed by atoms with Crippen molar-refractivity contribution in [1.82, 2.24) is 0 Å². The lowest BCUT2D eigenvalue weighted by Crippen LogP contribution is -2.32. The Morgan fingerprint density at radius 3 is 2.62 bits per heavy atom. The SMILES string of the molecule is CCN(CC1COC(N)=N1)c1ccc(C(F)(F)F)cc1C. The van der Waals surface area contributed by atoms with Gasteiger partial charge in [-0.1, -0.05) is 0 Å². The lowest BCUT2D eigenvalue weighted by Gasteiger charge is -2.27. The predicted molar refractivity (Wildman–Crippen MR) is 75.4 cm³/mol. The third-order valence-electron chi connectivity index (χ3n) is 3.41. The zero-order valence-electron chi connectivity index (χ0n) is 11.9. The molecule has 0 bridgehead atoms. The van der Waals surface area contributed by atoms with Crippen molar-refractivity contribution in [2.24, 2.45) is 10.7 Å². The van der Waals surface area contributed by atoms with Crippen LogP contribution in [0, 0.1) is 6.92 Å². The number of nitrogens with two attached hydrogens (primary N) is 1. The number of rotatable bonds is 4. The van der Waals surface area contributed by atoms with E-state index in [0.29, 0.717) is 25.3 Å². The zero-order chi connectivity index (χ0) is 15.6. The molecule has 21 heavy (non-hydrogen) atoms. The summed E-state index contributed by atoms with van der Waals surface area (Å²) >= 11 is 0. The normalized spacial score (nSPS) is 18.3. The van der Waals surface area contributed by atoms with Gasteiger partial charge in [0.05, 0.1) is 5.56 Å². The van der Waals surface area contributed by atoms with Gasteiger partial charge in [-0.05, 0) is 37.6 Å². The molecule has 0 spiro atoms. The van der Waals surface area contributed by atoms with E-state index in [0.717, 1.165) is 11.8 Å². The first-order chi connectivity index (χ1) is 9.81. The number of aryl methyl sites for hydroxylation is 1. The molecule has 0 saturated carbocycles. The Bertz CT molecular complexity index is 543. The largest absolute Gasteiger partial charge is 0.463 e. The summed E-state index contributed by atoms with van der Waals surface area (Å²) in [4.78, 5) is 6.12. The molecule has 2 rings (SSSR count). The van der Waals surface area contributed by atoms with Crippen LogP contribution in [0.1, 0.15) is 18.1 Å². The highest BCUT2D eigenvalue weighted by Crippen LogP contribution is 2.32. The molecular weight excluding hydrogens is 283 g/mol. The molecule has 1 atom stereocenters. The predicted octanol–water partition coefficient (Wildman–Crippen LogP) is 2.55. The molecule has 116 valence electrons. The van der Waals surface area contributed by atoms with Crippen molar-refractivity contribution in [1.29, 1.82) is 0 Å². The van der Waals surface area contributed by atoms with E-state index >= 15 is 0 Å². The maximum atomic E-state index is 12.7. The smallest absolute Gasteiger partial charge is 0.416 e. The molecule has 2 N–H and O–H groups in total. The number of halogens is 3. The number of ether oxygens (including phenoxy) is 1. The number of hydrogen-bond acceptors (Lipinski definition) is 4. The van der Waals surface area contributed by atoms with Crippen molar-refractivity contribution in [3.05, 3.63) is 29.3 Å². The molecule has 1 aliphatic heterocycles. The number of anilines is 1. The molecule has 1 aromatic rings. The van der Waals surface area contributed by atoms with Gasteiger partial charge in [0.15, 0.2) is 0 Å². The van der Waals surface area contributed by atoms with Crippen LogP contribution in [0.3, 0.4) is 0 Å². The average molecular weight is 301 g/mol. The highest BCUT2D eigenvalue weighted by molar-refractivity contribution is 5.73. The summed E-state index contributed by atoms with van der Waals surface area (Å²) in [5.41, 5.74) is 6.19. The van der Waals surface area contributed by atoms with Crippen LogP contribution in [-0.2, 0) is 10.9 Å². The first-order valence-corrected chi connectivity index (χ1v) is 6.70. The standard InChI is InChI=1S/C14H18F3N3O/c1-3-20(7-11-8-21-13(18)19-11)12-5-4-10(6-9(12)2)14(15,16)17/h4-6,11H,3,7-8H2,1-2H3,(H2,18,19). The fourth-order valence-corrected chi connectivity index (χ4v) is 2.37. The van der Waals surface area contributed by atoms with Gasteiger partial charge in [-0.25, -0.2) is 4.99 Å². The van der Waals surface area contributed by atoms with Crippen LogP contribution < -0.4 is 10.6 Å². The summed E-state index contributed by atoms with van der Waals surface area (Å²) < 4.78 is 43.2. The molecule has 0 fully saturated rings. The van der Waals surface area contributed by atoms with Gasteiger partial charge in [0, 0.05) is 18.8 Å². The molecule has 0 aromatic heterocycles. The fraction of sp³-hybridized carbons (Fsp3) is 0.500. The molecular formula is C14H18F3N3O. The molecule has 4 nitrogen and oxygen atoms in total. The van der Waals surface area contributed by atoms with Crippen molar-refractivity contribution in [3.63, 3.8) is 0 Å². The third kappa shape index (κ3) is 3.59. The molecule has 0 aliphatic carbocycles. The summed E-state index contributed by atoms with van der Waals surface area (Å²) in [5.74, 6) is 0. The van der Waals surface area contributed by atoms with Crippen molar-refractivity contribution in [2.75, 3.05) is 24.6 Å². The molecule has 0 radical (unpaired) electrons. The van der Waals surface area contributed by atoms with Crippen molar-refractivity contribution in [2.45, 2.75) is 26.1 Å². The number of aliphatic imine (C=N–C) groups is 1. The lowest BCUT2D eigenvalue weighted by molar-refractivity contribution is -0.137. The Morgan fingerprint density at radius 1 is 1.43 bits per heavy atom. The summed E-state index contributed by atoms with van der Waals surface area (Å²) in [6, 6.07) is 3.85. The molecule has 1 aliphatic rings. The minimum atomic E-state index is -4.32. The highest BCUT2D eigenvalue weighted by atomic mass is 19.4. The van der Waals surface area contributed by atoms with E-state index < -0.39 is 11.7 Å². The third-order valence-corrected chi connectivity index (χ3v) is 3.41. The first-order valence-electron chi connectivity index (χ1n) is 6.70. The van der Waals surface area contributed by atoms with E-state index in [4.69, 9.17) is 10.5 Å². The monoisotopic (exact) mass is 301 g/mol. The lowest BCUT2D eigenvalue weighted by atomic mass is 10.1. The number of alkyl halides is 3. The van der Waals surface area contributed by atoms with E-state index in [2.05, 4.69) is 4.99 Å². The number of likely N-dealkylation sites (N-methyl/N-ethyl adjacent to an activating group) is 1. The number of amidine groups is 1. The molecule has 1 heterocycles. The van der Waals surface area contributed by atoms with E-state index in [1.165, 1.54) is 12.1 Å². The van der Waals surface area contributed by atoms with E-state index in [-0.39, 0.29) is 12.1 Å². The van der Waals surface area contributed by atoms with Gasteiger partial charge in [-0.2, -0.15) is 13.2 Å². The Hall–Kier alpha value is -1.92. The van der Waals surface area contributed by atoms with E-state index in [9.17, 15) is 13.2 Å². The van der Waals surface area contributed by atoms with E-state index in [1.807, 2.05) is 11.8 Å². The molecule has 1 unspecified atom stereocenters. The fourth-order valence-electron chi connectivity index (χ4n) is 2.37. The van der Waals surface area contributed by atoms with Gasteiger partial charge in [0.1, 0.15) is 12.6 Å². The number of benzene rings is 1. The summed E-state index contributed by atoms with van der Waals surface area (Å²) in [6.45, 7) is 5.25. The Morgan fingerprint density at radius 2 is 2.14 bits per heavy atom. The van der Waals surface area contributed by atoms with Crippen molar-refractivity contribution in [3.8, 4) is 0 Å². The average Bonchev–Trinajstić information content (AvgIpc) is 2.81. The van der Waals surface area contributed by atoms with Crippen LogP contribution >= 0.6 is 0 Å². The second-order valence-electron chi connectivity index (χ2n) is 4.97. The van der Waals surface area contributed by atoms with Gasteiger partial charge >= 0.3 is 6.18 Å². The van der Waals surface area contributed by atoms with Gasteiger partial charge in [-0.15, -0.1) is 0 Å². The van der Waals surface area contributed by atoms with Crippen LogP contribution in [0.5, 0.6) is 0 Å². The summed E-state index contributed by atoms with van der Waals surface area (Å²) in [5, 5.41) is 0. The van der Waals surface area contributed by atoms with Gasteiger partial charge in [-0.3, -0.25) is 0 Å². The maximum absolute atomic E-state index is 12.7. The first kappa shape index (κ1) is 15.5. The van der Waals surface area contributed by atoms with Crippen LogP contribution in [0.15, 0.2) is 23.2 Å². The molecule has 0 amide bonds. The topological polar surface area (TPSA) is 50.9 Å². The summed E-state index contributed by atoms with van der Waals surface area (Å²) in [6.07, 6.45) is -4.32. The second kappa shape index (κ2) is 5.83. The number of hydrogen-bond donors (Lipinski definition) is 1. The maximum Gasteiger partial charge on any atom is 0.416 e. The van der Waals surface area contributed by atoms with Crippen LogP contribution in [0.4, 0.5) is 18.9 Å². The Kier molecular flexibility index (Phi) is 4.29. The van der Waals surface area contributed by atoms with Crippen LogP contribution in [0.2, 0.25) is 0 Å². The van der Waals surface area contributed by atoms with E-state index in [1.54, 1.807) is 6.92 Å². The van der Waals surface area contributed by atoms with Crippen LogP contribution in [0.25, 0.3) is 0 Å². The Balaban J connectivity index is 2.18. The highest BCUT2D eigenvalue weighted by Gasteiger charge is 2.31. The van der Waals surface area contributed by atoms with Gasteiger partial charge in [0.2, 0.25) is 0 Å². The van der Waals surface area contributed by atoms with Crippen LogP contribution in [-0.4, -0.2) is 31.8 Å². The Labute approximate surface area is 121 Å². The number of nitrogens with zero attached hydrogens (tertiary/aromatic N) is 2. The summed E-state index contributed by atoms with van der Waals surface area (Å²) in [7, 11) is 0. The zero-order valence-corrected chi connectivity index (χ0v) is 11.9. The second-order valence-corrected chi connectivity index (χ2v) is 4.97. The van der Waals surface area contributed by atoms with Gasteiger partial charge < -0.3 is 15.4 Å². The van der Waals surface area contributed by atoms with Gasteiger partial charge in [0.25, 0.3) is 6.02 Å². The quantitative estimate of drug-likeness (QED) is 0.930. The van der Waals surface area contributed by atoms with Crippen molar-refractivity contribution >= 4 is 11.7 Å². The van der Waals surface area contributed by atoms with Crippen molar-refractivity contribution < 1.29 is 17.9 Å². The molecule has 0 saturated heterocycles. The molecule has 7 heteroatoms. The minimum Gasteiger partial charge on any atom is -0.463 e.